The van der Waals surface area contributed by atoms with E-state index in [9.17, 15) is 0 Å². The van der Waals surface area contributed by atoms with E-state index in [0.29, 0.717) is 6.04 Å². The molecule has 1 aliphatic carbocycles. The molecule has 2 atom stereocenters. The van der Waals surface area contributed by atoms with Crippen LogP contribution < -0.4 is 11.1 Å². The number of fused-ring (bicyclic) bond motifs is 1. The molecule has 0 radical (unpaired) electrons. The second-order valence-corrected chi connectivity index (χ2v) is 5.87. The highest BCUT2D eigenvalue weighted by atomic mass is 32.1. The van der Waals surface area contributed by atoms with Crippen molar-refractivity contribution >= 4 is 32.9 Å². The second kappa shape index (κ2) is 4.18. The van der Waals surface area contributed by atoms with Crippen LogP contribution in [0.1, 0.15) is 26.2 Å². The fourth-order valence-electron chi connectivity index (χ4n) is 2.64. The minimum Gasteiger partial charge on any atom is -0.395 e. The molecule has 1 aromatic carbocycles. The van der Waals surface area contributed by atoms with Crippen LogP contribution in [-0.2, 0) is 0 Å². The van der Waals surface area contributed by atoms with E-state index in [1.54, 1.807) is 11.3 Å². The number of benzene rings is 1. The van der Waals surface area contributed by atoms with Gasteiger partial charge in [-0.15, -0.1) is 11.3 Å². The lowest BCUT2D eigenvalue weighted by molar-refractivity contribution is 0.603. The third-order valence-corrected chi connectivity index (χ3v) is 4.39. The van der Waals surface area contributed by atoms with E-state index in [1.165, 1.54) is 19.3 Å². The van der Waals surface area contributed by atoms with Gasteiger partial charge in [-0.3, -0.25) is 0 Å². The van der Waals surface area contributed by atoms with Gasteiger partial charge in [0, 0.05) is 6.04 Å². The van der Waals surface area contributed by atoms with Crippen LogP contribution in [0.3, 0.4) is 0 Å². The standard InChI is InChI=1S/C13H17N3S/c1-8-2-3-9(6-8)16-10-4-5-11-13(12(10)14)15-7-17-11/h4-5,7-9,16H,2-3,6,14H2,1H3. The number of nitrogens with two attached hydrogens (primary N) is 1. The van der Waals surface area contributed by atoms with Crippen molar-refractivity contribution in [3.05, 3.63) is 17.6 Å². The molecule has 0 bridgehead atoms. The molecule has 1 aromatic heterocycles. The number of nitrogen functional groups attached to an aromatic ring is 1. The Bertz CT molecular complexity index is 534. The average Bonchev–Trinajstić information content (AvgIpc) is 2.92. The lowest BCUT2D eigenvalue weighted by Gasteiger charge is -2.15. The maximum Gasteiger partial charge on any atom is 0.106 e. The fraction of sp³-hybridized carbons (Fsp3) is 0.462. The van der Waals surface area contributed by atoms with E-state index < -0.39 is 0 Å². The largest absolute Gasteiger partial charge is 0.395 e. The van der Waals surface area contributed by atoms with Crippen LogP contribution in [0.4, 0.5) is 11.4 Å². The minimum absolute atomic E-state index is 0.573. The molecule has 0 aliphatic heterocycles. The van der Waals surface area contributed by atoms with Crippen LogP contribution in [0, 0.1) is 5.92 Å². The smallest absolute Gasteiger partial charge is 0.106 e. The van der Waals surface area contributed by atoms with Gasteiger partial charge >= 0.3 is 0 Å². The summed E-state index contributed by atoms with van der Waals surface area (Å²) in [7, 11) is 0. The van der Waals surface area contributed by atoms with Crippen LogP contribution >= 0.6 is 11.3 Å². The number of nitrogens with zero attached hydrogens (tertiary/aromatic N) is 1. The zero-order valence-electron chi connectivity index (χ0n) is 9.94. The van der Waals surface area contributed by atoms with Crippen LogP contribution in [0.25, 0.3) is 10.2 Å². The first-order valence-electron chi connectivity index (χ1n) is 6.12. The highest BCUT2D eigenvalue weighted by molar-refractivity contribution is 7.16. The molecule has 3 nitrogen and oxygen atoms in total. The Morgan fingerprint density at radius 3 is 3.06 bits per heavy atom. The Labute approximate surface area is 105 Å². The maximum absolute atomic E-state index is 6.16. The third kappa shape index (κ3) is 1.97. The summed E-state index contributed by atoms with van der Waals surface area (Å²) in [6.45, 7) is 2.31. The quantitative estimate of drug-likeness (QED) is 0.799. The first-order chi connectivity index (χ1) is 8.24. The fourth-order valence-corrected chi connectivity index (χ4v) is 3.33. The molecule has 2 unspecified atom stereocenters. The Hall–Kier alpha value is -1.29. The van der Waals surface area contributed by atoms with Crippen molar-refractivity contribution in [1.29, 1.82) is 0 Å². The lowest BCUT2D eigenvalue weighted by atomic mass is 10.1. The minimum atomic E-state index is 0.573. The van der Waals surface area contributed by atoms with Gasteiger partial charge in [-0.05, 0) is 37.3 Å². The van der Waals surface area contributed by atoms with E-state index >= 15 is 0 Å². The Balaban J connectivity index is 1.87. The summed E-state index contributed by atoms with van der Waals surface area (Å²) in [4.78, 5) is 4.32. The number of nitrogens with one attached hydrogen (secondary N) is 1. The molecule has 0 saturated heterocycles. The van der Waals surface area contributed by atoms with Gasteiger partial charge in [0.1, 0.15) is 5.52 Å². The van der Waals surface area contributed by atoms with Gasteiger partial charge in [-0.1, -0.05) is 6.92 Å². The lowest BCUT2D eigenvalue weighted by Crippen LogP contribution is -2.16. The number of thiazole rings is 1. The van der Waals surface area contributed by atoms with Crippen molar-refractivity contribution in [2.75, 3.05) is 11.1 Å². The summed E-state index contributed by atoms with van der Waals surface area (Å²) in [5, 5.41) is 3.56. The highest BCUT2D eigenvalue weighted by Crippen LogP contribution is 2.33. The molecular weight excluding hydrogens is 230 g/mol. The summed E-state index contributed by atoms with van der Waals surface area (Å²) in [6, 6.07) is 4.76. The van der Waals surface area contributed by atoms with Gasteiger partial charge in [-0.25, -0.2) is 4.98 Å². The molecule has 3 rings (SSSR count). The van der Waals surface area contributed by atoms with Gasteiger partial charge in [0.15, 0.2) is 0 Å². The molecule has 4 heteroatoms. The molecule has 0 amide bonds. The Kier molecular flexibility index (Phi) is 2.67. The topological polar surface area (TPSA) is 50.9 Å². The van der Waals surface area contributed by atoms with Crippen LogP contribution in [0.2, 0.25) is 0 Å². The number of anilines is 2. The molecule has 1 fully saturated rings. The molecule has 0 spiro atoms. The Morgan fingerprint density at radius 1 is 1.41 bits per heavy atom. The summed E-state index contributed by atoms with van der Waals surface area (Å²) in [6.07, 6.45) is 3.81. The number of hydrogen-bond donors (Lipinski definition) is 2. The van der Waals surface area contributed by atoms with E-state index in [4.69, 9.17) is 5.73 Å². The van der Waals surface area contributed by atoms with Crippen molar-refractivity contribution in [2.45, 2.75) is 32.2 Å². The van der Waals surface area contributed by atoms with Gasteiger partial charge in [0.05, 0.1) is 21.6 Å². The summed E-state index contributed by atoms with van der Waals surface area (Å²) in [5.74, 6) is 0.830. The van der Waals surface area contributed by atoms with E-state index in [1.807, 2.05) is 5.51 Å². The van der Waals surface area contributed by atoms with E-state index in [0.717, 1.165) is 27.5 Å². The summed E-state index contributed by atoms with van der Waals surface area (Å²) >= 11 is 1.63. The molecule has 1 saturated carbocycles. The van der Waals surface area contributed by atoms with Gasteiger partial charge < -0.3 is 11.1 Å². The third-order valence-electron chi connectivity index (χ3n) is 3.60. The van der Waals surface area contributed by atoms with Gasteiger partial charge in [-0.2, -0.15) is 0 Å². The predicted molar refractivity (Wildman–Crippen MR) is 74.5 cm³/mol. The highest BCUT2D eigenvalue weighted by Gasteiger charge is 2.21. The SMILES string of the molecule is CC1CCC(Nc2ccc3scnc3c2N)C1. The van der Waals surface area contributed by atoms with Gasteiger partial charge in [0.2, 0.25) is 0 Å². The molecule has 90 valence electrons. The first-order valence-corrected chi connectivity index (χ1v) is 7.00. The van der Waals surface area contributed by atoms with Crippen LogP contribution in [0.15, 0.2) is 17.6 Å². The van der Waals surface area contributed by atoms with Crippen molar-refractivity contribution in [3.63, 3.8) is 0 Å². The van der Waals surface area contributed by atoms with Crippen LogP contribution in [0.5, 0.6) is 0 Å². The molecule has 3 N–H and O–H groups in total. The van der Waals surface area contributed by atoms with Crippen molar-refractivity contribution < 1.29 is 0 Å². The van der Waals surface area contributed by atoms with E-state index in [-0.39, 0.29) is 0 Å². The molecular formula is C13H17N3S. The van der Waals surface area contributed by atoms with Crippen molar-refractivity contribution in [2.24, 2.45) is 5.92 Å². The average molecular weight is 247 g/mol. The summed E-state index contributed by atoms with van der Waals surface area (Å²) in [5.41, 5.74) is 10.8. The molecule has 17 heavy (non-hydrogen) atoms. The number of hydrogen-bond acceptors (Lipinski definition) is 4. The summed E-state index contributed by atoms with van der Waals surface area (Å²) < 4.78 is 1.16. The normalized spacial score (nSPS) is 24.3. The van der Waals surface area contributed by atoms with E-state index in [2.05, 4.69) is 29.4 Å². The van der Waals surface area contributed by atoms with Crippen molar-refractivity contribution in [3.8, 4) is 0 Å². The molecule has 1 aliphatic rings. The number of rotatable bonds is 2. The zero-order chi connectivity index (χ0) is 11.8. The number of aromatic nitrogens is 1. The first kappa shape index (κ1) is 10.8. The van der Waals surface area contributed by atoms with Crippen LogP contribution in [-0.4, -0.2) is 11.0 Å². The molecule has 2 aromatic rings. The Morgan fingerprint density at radius 2 is 2.29 bits per heavy atom. The van der Waals surface area contributed by atoms with Gasteiger partial charge in [0.25, 0.3) is 0 Å². The van der Waals surface area contributed by atoms with Crippen molar-refractivity contribution in [1.82, 2.24) is 4.98 Å². The predicted octanol–water partition coefficient (Wildman–Crippen LogP) is 3.48. The zero-order valence-corrected chi connectivity index (χ0v) is 10.8. The molecule has 1 heterocycles. The second-order valence-electron chi connectivity index (χ2n) is 4.99. The maximum atomic E-state index is 6.16. The monoisotopic (exact) mass is 247 g/mol.